The molecule has 290 valence electrons. The normalized spacial score (nSPS) is 19.2. The fraction of sp³-hybridized carbons (Fsp3) is 0.410. The number of amides is 3. The topological polar surface area (TPSA) is 175 Å². The molecule has 14 nitrogen and oxygen atoms in total. The second-order valence-corrected chi connectivity index (χ2v) is 14.3. The molecule has 0 aliphatic carbocycles. The van der Waals surface area contributed by atoms with E-state index in [0.717, 1.165) is 22.7 Å². The summed E-state index contributed by atoms with van der Waals surface area (Å²) in [4.78, 5) is 56.7. The molecule has 3 amide bonds. The number of carbonyl (C=O) groups excluding carboxylic acids is 2. The number of nitrogens with one attached hydrogen (secondary N) is 3. The highest BCUT2D eigenvalue weighted by Crippen LogP contribution is 2.40. The number of nitrogens with zero attached hydrogens (tertiary/aromatic N) is 4. The van der Waals surface area contributed by atoms with E-state index in [4.69, 9.17) is 19.2 Å². The number of H-pyrrole nitrogens is 2. The van der Waals surface area contributed by atoms with Gasteiger partial charge in [0.2, 0.25) is 5.91 Å². The number of halogens is 2. The van der Waals surface area contributed by atoms with E-state index in [1.807, 2.05) is 44.2 Å². The Bertz CT molecular complexity index is 2220. The third-order valence-corrected chi connectivity index (χ3v) is 10.5. The molecule has 3 aromatic carbocycles. The maximum atomic E-state index is 13.8. The van der Waals surface area contributed by atoms with Gasteiger partial charge < -0.3 is 39.5 Å². The number of alkyl carbamates (subject to hydrolysis) is 1. The first kappa shape index (κ1) is 37.5. The van der Waals surface area contributed by atoms with Crippen LogP contribution in [-0.4, -0.2) is 99.5 Å². The number of alkyl halides is 2. The molecule has 16 heteroatoms. The molecule has 55 heavy (non-hydrogen) atoms. The van der Waals surface area contributed by atoms with Gasteiger partial charge in [-0.3, -0.25) is 9.69 Å². The Labute approximate surface area is 315 Å². The lowest BCUT2D eigenvalue weighted by Gasteiger charge is -2.30. The van der Waals surface area contributed by atoms with Crippen LogP contribution in [0.15, 0.2) is 54.7 Å². The van der Waals surface area contributed by atoms with Gasteiger partial charge in [0.25, 0.3) is 0 Å². The molecule has 2 fully saturated rings. The van der Waals surface area contributed by atoms with Gasteiger partial charge in [-0.05, 0) is 60.4 Å². The van der Waals surface area contributed by atoms with Gasteiger partial charge in [-0.2, -0.15) is 8.78 Å². The summed E-state index contributed by atoms with van der Waals surface area (Å²) in [5.74, 6) is 0.705. The minimum atomic E-state index is -3.08. The number of carbonyl (C=O) groups is 3. The highest BCUT2D eigenvalue weighted by atomic mass is 19.3. The zero-order valence-electron chi connectivity index (χ0n) is 30.8. The van der Waals surface area contributed by atoms with E-state index in [1.165, 1.54) is 18.1 Å². The third-order valence-electron chi connectivity index (χ3n) is 10.5. The first-order valence-electron chi connectivity index (χ1n) is 18.2. The van der Waals surface area contributed by atoms with Crippen molar-refractivity contribution in [1.29, 1.82) is 0 Å². The molecule has 4 N–H and O–H groups in total. The van der Waals surface area contributed by atoms with Crippen molar-refractivity contribution in [3.8, 4) is 28.1 Å². The lowest BCUT2D eigenvalue weighted by molar-refractivity contribution is -0.135. The van der Waals surface area contributed by atoms with Gasteiger partial charge in [-0.1, -0.05) is 38.1 Å². The Hall–Kier alpha value is -5.77. The highest BCUT2D eigenvalue weighted by molar-refractivity contribution is 6.05. The number of ether oxygens (including phenoxy) is 3. The second-order valence-electron chi connectivity index (χ2n) is 14.3. The molecule has 0 saturated carbocycles. The van der Waals surface area contributed by atoms with Crippen molar-refractivity contribution in [2.75, 3.05) is 33.9 Å². The fourth-order valence-electron chi connectivity index (χ4n) is 7.87. The average Bonchev–Trinajstić information content (AvgIpc) is 3.98. The highest BCUT2D eigenvalue weighted by Gasteiger charge is 2.39. The number of methoxy groups -OCH3 is 2. The van der Waals surface area contributed by atoms with Gasteiger partial charge in [0, 0.05) is 42.6 Å². The van der Waals surface area contributed by atoms with E-state index in [1.54, 1.807) is 30.3 Å². The number of hydrogen-bond donors (Lipinski definition) is 4. The predicted octanol–water partition coefficient (Wildman–Crippen LogP) is 7.11. The lowest BCUT2D eigenvalue weighted by atomic mass is 9.98. The maximum absolute atomic E-state index is 13.8. The number of rotatable bonds is 11. The smallest absolute Gasteiger partial charge is 0.407 e. The molecular weight excluding hydrogens is 716 g/mol. The van der Waals surface area contributed by atoms with Crippen LogP contribution in [-0.2, 0) is 14.3 Å². The van der Waals surface area contributed by atoms with Crippen LogP contribution in [0.3, 0.4) is 0 Å². The monoisotopic (exact) mass is 759 g/mol. The molecule has 0 radical (unpaired) electrons. The number of aromatic nitrogens is 4. The van der Waals surface area contributed by atoms with Crippen LogP contribution in [0.2, 0.25) is 0 Å². The summed E-state index contributed by atoms with van der Waals surface area (Å²) < 4.78 is 42.7. The summed E-state index contributed by atoms with van der Waals surface area (Å²) in [6, 6.07) is 12.8. The number of carboxylic acid groups (broad SMARTS) is 1. The van der Waals surface area contributed by atoms with Crippen LogP contribution in [0.25, 0.3) is 44.2 Å². The van der Waals surface area contributed by atoms with Gasteiger partial charge in [-0.25, -0.2) is 19.6 Å². The van der Waals surface area contributed by atoms with Crippen LogP contribution >= 0.6 is 0 Å². The molecule has 0 spiro atoms. The summed E-state index contributed by atoms with van der Waals surface area (Å²) in [5.41, 5.74) is 3.65. The molecule has 4 unspecified atom stereocenters. The van der Waals surface area contributed by atoms with Crippen molar-refractivity contribution in [3.05, 3.63) is 66.4 Å². The van der Waals surface area contributed by atoms with Crippen molar-refractivity contribution in [1.82, 2.24) is 35.1 Å². The minimum absolute atomic E-state index is 0.0279. The largest absolute Gasteiger partial charge is 0.465 e. The van der Waals surface area contributed by atoms with E-state index in [9.17, 15) is 28.3 Å². The number of likely N-dealkylation sites (tertiary alicyclic amines) is 2. The van der Waals surface area contributed by atoms with E-state index >= 15 is 0 Å². The van der Waals surface area contributed by atoms with Gasteiger partial charge in [0.15, 0.2) is 0 Å². The molecular formula is C39H43F2N7O7. The number of imidazole rings is 2. The van der Waals surface area contributed by atoms with Gasteiger partial charge in [0.05, 0.1) is 48.7 Å². The van der Waals surface area contributed by atoms with Gasteiger partial charge in [0.1, 0.15) is 23.4 Å². The Kier molecular flexibility index (Phi) is 10.6. The van der Waals surface area contributed by atoms with Crippen molar-refractivity contribution >= 4 is 39.9 Å². The fourth-order valence-corrected chi connectivity index (χ4v) is 7.87. The summed E-state index contributed by atoms with van der Waals surface area (Å²) in [6.45, 7) is 1.91. The molecule has 4 atom stereocenters. The third kappa shape index (κ3) is 7.50. The van der Waals surface area contributed by atoms with E-state index < -0.39 is 30.9 Å². The van der Waals surface area contributed by atoms with Crippen molar-refractivity contribution in [2.45, 2.75) is 57.8 Å². The van der Waals surface area contributed by atoms with Crippen molar-refractivity contribution in [2.24, 2.45) is 11.8 Å². The van der Waals surface area contributed by atoms with Crippen LogP contribution in [0.1, 0.15) is 56.8 Å². The molecule has 2 saturated heterocycles. The zero-order valence-corrected chi connectivity index (χ0v) is 30.8. The second kappa shape index (κ2) is 15.5. The lowest BCUT2D eigenvalue weighted by Crippen LogP contribution is -2.51. The van der Waals surface area contributed by atoms with E-state index in [2.05, 4.69) is 20.3 Å². The molecule has 7 rings (SSSR count). The SMILES string of the molecule is COCC1CC(c2nc3ccc4cc(-c5ccc(-c6cnc(C7CCCN7C(=O)C(NC(=O)OC)C(C)C)[nH]6)cc5OC(F)F)ccc4c3[nH]2)N(C(=O)O)C1. The molecule has 0 bridgehead atoms. The number of hydrogen-bond acceptors (Lipinski definition) is 8. The Morgan fingerprint density at radius 3 is 2.53 bits per heavy atom. The molecule has 5 aromatic rings. The Balaban J connectivity index is 1.16. The predicted molar refractivity (Wildman–Crippen MR) is 199 cm³/mol. The molecule has 2 aliphatic rings. The first-order chi connectivity index (χ1) is 26.4. The van der Waals surface area contributed by atoms with E-state index in [-0.39, 0.29) is 29.5 Å². The summed E-state index contributed by atoms with van der Waals surface area (Å²) in [6.07, 6.45) is 1.88. The van der Waals surface area contributed by atoms with Gasteiger partial charge in [-0.15, -0.1) is 0 Å². The number of fused-ring (bicyclic) bond motifs is 3. The van der Waals surface area contributed by atoms with Crippen molar-refractivity contribution in [3.63, 3.8) is 0 Å². The van der Waals surface area contributed by atoms with Crippen LogP contribution in [0.5, 0.6) is 5.75 Å². The maximum Gasteiger partial charge on any atom is 0.407 e. The summed E-state index contributed by atoms with van der Waals surface area (Å²) in [7, 11) is 2.84. The van der Waals surface area contributed by atoms with E-state index in [0.29, 0.717) is 72.1 Å². The zero-order chi connectivity index (χ0) is 39.0. The first-order valence-corrected chi connectivity index (χ1v) is 18.2. The van der Waals surface area contributed by atoms with Crippen LogP contribution in [0.4, 0.5) is 18.4 Å². The molecule has 2 aliphatic heterocycles. The summed E-state index contributed by atoms with van der Waals surface area (Å²) in [5, 5.41) is 14.2. The van der Waals surface area contributed by atoms with Crippen molar-refractivity contribution < 1.29 is 42.5 Å². The minimum Gasteiger partial charge on any atom is -0.465 e. The van der Waals surface area contributed by atoms with Gasteiger partial charge >= 0.3 is 18.8 Å². The Morgan fingerprint density at radius 1 is 1.00 bits per heavy atom. The molecule has 2 aromatic heterocycles. The number of aromatic amines is 2. The average molecular weight is 760 g/mol. The summed E-state index contributed by atoms with van der Waals surface area (Å²) >= 11 is 0. The quantitative estimate of drug-likeness (QED) is 0.109. The number of benzene rings is 3. The molecule has 4 heterocycles. The standard InChI is InChI=1S/C39H43F2N7O7/c1-20(2)32(46-38(50)54-4)36(49)47-13-5-6-29(47)34-42-17-28(44-34)24-8-10-25(31(16-24)55-37(40)41)22-7-11-26-23(15-22)9-12-27-33(26)45-35(43-27)30-14-21(19-53-3)18-48(30)39(51)52/h7-12,15-17,20-21,29-30,32,37H,5-6,13-14,18-19H2,1-4H3,(H,42,44)(H,43,45)(H,46,50)(H,51,52). The van der Waals surface area contributed by atoms with Crippen LogP contribution < -0.4 is 10.1 Å². The van der Waals surface area contributed by atoms with Crippen LogP contribution in [0, 0.1) is 11.8 Å². The Morgan fingerprint density at radius 2 is 1.80 bits per heavy atom.